The normalized spacial score (nSPS) is 24.8. The molecule has 1 aliphatic rings. The van der Waals surface area contributed by atoms with Gasteiger partial charge in [-0.3, -0.25) is 4.90 Å². The highest BCUT2D eigenvalue weighted by molar-refractivity contribution is 9.10. The lowest BCUT2D eigenvalue weighted by Crippen LogP contribution is -2.60. The molecule has 0 amide bonds. The number of nitrogens with zero attached hydrogens (tertiary/aromatic N) is 1. The molecule has 0 saturated carbocycles. The molecule has 1 atom stereocenters. The maximum Gasteiger partial charge on any atom is 0.0281 e. The SMILES string of the molecule is CC1CN(Cc2ccc(Br)cc2)C(C)(C)CN1. The molecule has 1 unspecified atom stereocenters. The van der Waals surface area contributed by atoms with Crippen LogP contribution in [0.25, 0.3) is 0 Å². The minimum absolute atomic E-state index is 0.236. The summed E-state index contributed by atoms with van der Waals surface area (Å²) in [5, 5.41) is 3.55. The van der Waals surface area contributed by atoms with Crippen molar-refractivity contribution in [2.75, 3.05) is 13.1 Å². The Bertz CT molecular complexity index is 372. The van der Waals surface area contributed by atoms with E-state index in [1.807, 2.05) is 0 Å². The van der Waals surface area contributed by atoms with Crippen molar-refractivity contribution < 1.29 is 0 Å². The van der Waals surface area contributed by atoms with E-state index >= 15 is 0 Å². The monoisotopic (exact) mass is 296 g/mol. The van der Waals surface area contributed by atoms with Gasteiger partial charge in [-0.15, -0.1) is 0 Å². The van der Waals surface area contributed by atoms with E-state index in [4.69, 9.17) is 0 Å². The number of rotatable bonds is 2. The Morgan fingerprint density at radius 2 is 2.00 bits per heavy atom. The first-order valence-electron chi connectivity index (χ1n) is 6.20. The van der Waals surface area contributed by atoms with Gasteiger partial charge in [-0.05, 0) is 38.5 Å². The van der Waals surface area contributed by atoms with Crippen molar-refractivity contribution in [3.63, 3.8) is 0 Å². The van der Waals surface area contributed by atoms with E-state index in [1.165, 1.54) is 5.56 Å². The number of hydrogen-bond acceptors (Lipinski definition) is 2. The maximum absolute atomic E-state index is 3.55. The van der Waals surface area contributed by atoms with Gasteiger partial charge in [0.2, 0.25) is 0 Å². The molecule has 17 heavy (non-hydrogen) atoms. The van der Waals surface area contributed by atoms with Gasteiger partial charge in [0.25, 0.3) is 0 Å². The van der Waals surface area contributed by atoms with E-state index in [1.54, 1.807) is 0 Å². The third-order valence-electron chi connectivity index (χ3n) is 3.52. The van der Waals surface area contributed by atoms with Gasteiger partial charge < -0.3 is 5.32 Å². The van der Waals surface area contributed by atoms with E-state index < -0.39 is 0 Å². The lowest BCUT2D eigenvalue weighted by atomic mass is 9.97. The predicted molar refractivity (Wildman–Crippen MR) is 76.1 cm³/mol. The van der Waals surface area contributed by atoms with Gasteiger partial charge >= 0.3 is 0 Å². The van der Waals surface area contributed by atoms with Crippen molar-refractivity contribution in [1.29, 1.82) is 0 Å². The topological polar surface area (TPSA) is 15.3 Å². The van der Waals surface area contributed by atoms with Crippen molar-refractivity contribution in [3.05, 3.63) is 34.3 Å². The first-order valence-corrected chi connectivity index (χ1v) is 6.99. The Morgan fingerprint density at radius 3 is 2.65 bits per heavy atom. The van der Waals surface area contributed by atoms with Crippen molar-refractivity contribution in [2.24, 2.45) is 0 Å². The molecule has 2 rings (SSSR count). The standard InChI is InChI=1S/C14H21BrN2/c1-11-8-17(14(2,3)10-16-11)9-12-4-6-13(15)7-5-12/h4-7,11,16H,8-10H2,1-3H3. The number of halogens is 1. The molecule has 1 aliphatic heterocycles. The highest BCUT2D eigenvalue weighted by Crippen LogP contribution is 2.22. The Balaban J connectivity index is 2.08. The Hall–Kier alpha value is -0.380. The molecule has 1 saturated heterocycles. The fraction of sp³-hybridized carbons (Fsp3) is 0.571. The molecule has 1 fully saturated rings. The van der Waals surface area contributed by atoms with Crippen LogP contribution in [0.5, 0.6) is 0 Å². The van der Waals surface area contributed by atoms with Gasteiger partial charge in [-0.1, -0.05) is 28.1 Å². The molecule has 3 heteroatoms. The molecule has 1 N–H and O–H groups in total. The van der Waals surface area contributed by atoms with Crippen LogP contribution < -0.4 is 5.32 Å². The second-order valence-electron chi connectivity index (χ2n) is 5.60. The highest BCUT2D eigenvalue weighted by atomic mass is 79.9. The van der Waals surface area contributed by atoms with Crippen LogP contribution in [0.3, 0.4) is 0 Å². The van der Waals surface area contributed by atoms with Crippen LogP contribution in [-0.2, 0) is 6.54 Å². The summed E-state index contributed by atoms with van der Waals surface area (Å²) >= 11 is 3.48. The molecule has 0 aromatic heterocycles. The van der Waals surface area contributed by atoms with E-state index in [2.05, 4.69) is 71.2 Å². The summed E-state index contributed by atoms with van der Waals surface area (Å²) in [6.45, 7) is 10.1. The van der Waals surface area contributed by atoms with Crippen molar-refractivity contribution in [3.8, 4) is 0 Å². The molecule has 1 heterocycles. The largest absolute Gasteiger partial charge is 0.311 e. The maximum atomic E-state index is 3.55. The summed E-state index contributed by atoms with van der Waals surface area (Å²) in [6.07, 6.45) is 0. The quantitative estimate of drug-likeness (QED) is 0.902. The van der Waals surface area contributed by atoms with Crippen LogP contribution in [0.2, 0.25) is 0 Å². The van der Waals surface area contributed by atoms with Crippen LogP contribution >= 0.6 is 15.9 Å². The molecule has 2 nitrogen and oxygen atoms in total. The van der Waals surface area contributed by atoms with Crippen LogP contribution in [-0.4, -0.2) is 29.6 Å². The minimum Gasteiger partial charge on any atom is -0.311 e. The van der Waals surface area contributed by atoms with E-state index in [0.29, 0.717) is 6.04 Å². The second kappa shape index (κ2) is 5.09. The van der Waals surface area contributed by atoms with E-state index in [9.17, 15) is 0 Å². The summed E-state index contributed by atoms with van der Waals surface area (Å²) in [4.78, 5) is 2.57. The highest BCUT2D eigenvalue weighted by Gasteiger charge is 2.32. The zero-order chi connectivity index (χ0) is 12.5. The first-order chi connectivity index (χ1) is 7.97. The summed E-state index contributed by atoms with van der Waals surface area (Å²) in [5.41, 5.74) is 1.62. The lowest BCUT2D eigenvalue weighted by molar-refractivity contribution is 0.0626. The minimum atomic E-state index is 0.236. The fourth-order valence-corrected chi connectivity index (χ4v) is 2.53. The zero-order valence-corrected chi connectivity index (χ0v) is 12.4. The Morgan fingerprint density at radius 1 is 1.35 bits per heavy atom. The summed E-state index contributed by atoms with van der Waals surface area (Å²) < 4.78 is 1.15. The number of nitrogens with one attached hydrogen (secondary N) is 1. The van der Waals surface area contributed by atoms with Crippen molar-refractivity contribution in [2.45, 2.75) is 38.9 Å². The van der Waals surface area contributed by atoms with Crippen LogP contribution in [0, 0.1) is 0 Å². The van der Waals surface area contributed by atoms with Gasteiger partial charge in [0, 0.05) is 35.7 Å². The van der Waals surface area contributed by atoms with Crippen LogP contribution in [0.4, 0.5) is 0 Å². The molecular formula is C14H21BrN2. The Kier molecular flexibility index (Phi) is 3.91. The molecule has 1 aromatic carbocycles. The van der Waals surface area contributed by atoms with Gasteiger partial charge in [-0.2, -0.15) is 0 Å². The van der Waals surface area contributed by atoms with Gasteiger partial charge in [0.1, 0.15) is 0 Å². The van der Waals surface area contributed by atoms with Crippen LogP contribution in [0.1, 0.15) is 26.3 Å². The fourth-order valence-electron chi connectivity index (χ4n) is 2.27. The first kappa shape index (κ1) is 13.1. The molecule has 1 aromatic rings. The third-order valence-corrected chi connectivity index (χ3v) is 4.05. The number of benzene rings is 1. The number of piperazine rings is 1. The van der Waals surface area contributed by atoms with Crippen LogP contribution in [0.15, 0.2) is 28.7 Å². The Labute approximate surface area is 113 Å². The predicted octanol–water partition coefficient (Wildman–Crippen LogP) is 3.02. The number of hydrogen-bond donors (Lipinski definition) is 1. The molecule has 94 valence electrons. The van der Waals surface area contributed by atoms with Crippen molar-refractivity contribution in [1.82, 2.24) is 10.2 Å². The van der Waals surface area contributed by atoms with Crippen molar-refractivity contribution >= 4 is 15.9 Å². The van der Waals surface area contributed by atoms with E-state index in [-0.39, 0.29) is 5.54 Å². The second-order valence-corrected chi connectivity index (χ2v) is 6.52. The molecule has 0 radical (unpaired) electrons. The third kappa shape index (κ3) is 3.30. The van der Waals surface area contributed by atoms with E-state index in [0.717, 1.165) is 24.1 Å². The molecule has 0 bridgehead atoms. The molecule has 0 spiro atoms. The summed E-state index contributed by atoms with van der Waals surface area (Å²) in [6, 6.07) is 9.22. The van der Waals surface area contributed by atoms with Gasteiger partial charge in [-0.25, -0.2) is 0 Å². The zero-order valence-electron chi connectivity index (χ0n) is 10.8. The average Bonchev–Trinajstić information content (AvgIpc) is 2.27. The summed E-state index contributed by atoms with van der Waals surface area (Å²) in [5.74, 6) is 0. The molecule has 0 aliphatic carbocycles. The van der Waals surface area contributed by atoms with Gasteiger partial charge in [0.15, 0.2) is 0 Å². The van der Waals surface area contributed by atoms with Gasteiger partial charge in [0.05, 0.1) is 0 Å². The smallest absolute Gasteiger partial charge is 0.0281 e. The lowest BCUT2D eigenvalue weighted by Gasteiger charge is -2.45. The molecular weight excluding hydrogens is 276 g/mol. The average molecular weight is 297 g/mol. The summed E-state index contributed by atoms with van der Waals surface area (Å²) in [7, 11) is 0.